The average molecular weight is 435 g/mol. The highest BCUT2D eigenvalue weighted by Crippen LogP contribution is 2.55. The second-order valence-electron chi connectivity index (χ2n) is 8.28. The molecule has 4 fully saturated rings. The van der Waals surface area contributed by atoms with Gasteiger partial charge < -0.3 is 10.1 Å². The Kier molecular flexibility index (Phi) is 4.97. The maximum Gasteiger partial charge on any atom is 0.338 e. The number of benzene rings is 1. The lowest BCUT2D eigenvalue weighted by Crippen LogP contribution is -2.62. The van der Waals surface area contributed by atoms with E-state index in [0.29, 0.717) is 23.3 Å². The quantitative estimate of drug-likeness (QED) is 0.711. The summed E-state index contributed by atoms with van der Waals surface area (Å²) in [7, 11) is 0. The van der Waals surface area contributed by atoms with Crippen LogP contribution in [0.4, 0.5) is 4.79 Å². The first-order chi connectivity index (χ1) is 12.9. The fraction of sp³-hybridized carbons (Fsp3) is 0.550. The van der Waals surface area contributed by atoms with Crippen molar-refractivity contribution in [1.29, 1.82) is 0 Å². The zero-order valence-corrected chi connectivity index (χ0v) is 16.6. The lowest BCUT2D eigenvalue weighted by molar-refractivity contribution is -0.123. The first-order valence-electron chi connectivity index (χ1n) is 9.45. The van der Waals surface area contributed by atoms with Gasteiger partial charge in [0.1, 0.15) is 0 Å². The Bertz CT molecular complexity index is 726. The normalized spacial score (nSPS) is 30.6. The lowest BCUT2D eigenvalue weighted by atomic mass is 9.53. The molecule has 0 spiro atoms. The molecule has 7 heteroatoms. The van der Waals surface area contributed by atoms with Crippen molar-refractivity contribution >= 4 is 33.8 Å². The molecule has 0 heterocycles. The Morgan fingerprint density at radius 3 is 2.11 bits per heavy atom. The first-order valence-corrected chi connectivity index (χ1v) is 10.2. The largest absolute Gasteiger partial charge is 0.452 e. The van der Waals surface area contributed by atoms with Gasteiger partial charge in [-0.05, 0) is 80.5 Å². The number of carbonyl (C=O) groups is 3. The van der Waals surface area contributed by atoms with Crippen molar-refractivity contribution in [1.82, 2.24) is 10.6 Å². The van der Waals surface area contributed by atoms with Crippen LogP contribution < -0.4 is 10.6 Å². The van der Waals surface area contributed by atoms with E-state index in [4.69, 9.17) is 4.74 Å². The highest BCUT2D eigenvalue weighted by Gasteiger charge is 2.51. The van der Waals surface area contributed by atoms with Crippen LogP contribution in [0.1, 0.15) is 48.9 Å². The molecule has 2 N–H and O–H groups in total. The summed E-state index contributed by atoms with van der Waals surface area (Å²) in [5, 5.41) is 5.36. The summed E-state index contributed by atoms with van der Waals surface area (Å²) in [5.74, 6) is 0.902. The molecule has 0 atom stereocenters. The van der Waals surface area contributed by atoms with Crippen molar-refractivity contribution in [2.45, 2.75) is 44.1 Å². The van der Waals surface area contributed by atoms with Gasteiger partial charge >= 0.3 is 12.0 Å². The van der Waals surface area contributed by atoms with Crippen molar-refractivity contribution in [3.63, 3.8) is 0 Å². The second kappa shape index (κ2) is 7.26. The van der Waals surface area contributed by atoms with Gasteiger partial charge in [0.2, 0.25) is 0 Å². The van der Waals surface area contributed by atoms with E-state index >= 15 is 0 Å². The fourth-order valence-electron chi connectivity index (χ4n) is 5.50. The minimum atomic E-state index is -0.623. The number of nitrogens with one attached hydrogen (secondary N) is 2. The van der Waals surface area contributed by atoms with E-state index in [-0.39, 0.29) is 5.54 Å². The molecule has 0 saturated heterocycles. The molecular formula is C20H23BrN2O4. The second-order valence-corrected chi connectivity index (χ2v) is 9.20. The van der Waals surface area contributed by atoms with E-state index in [1.807, 2.05) is 0 Å². The van der Waals surface area contributed by atoms with Gasteiger partial charge in [-0.2, -0.15) is 0 Å². The Morgan fingerprint density at radius 1 is 1.00 bits per heavy atom. The third-order valence-electron chi connectivity index (χ3n) is 6.08. The molecule has 4 aliphatic carbocycles. The van der Waals surface area contributed by atoms with Gasteiger partial charge in [0.25, 0.3) is 5.91 Å². The zero-order chi connectivity index (χ0) is 19.0. The van der Waals surface area contributed by atoms with Gasteiger partial charge in [-0.1, -0.05) is 15.9 Å². The molecule has 27 heavy (non-hydrogen) atoms. The number of carbonyl (C=O) groups excluding carboxylic acids is 3. The van der Waals surface area contributed by atoms with Crippen LogP contribution in [-0.2, 0) is 9.53 Å². The standard InChI is InChI=1S/C20H23BrN2O4/c21-16-3-1-15(2-4-16)18(25)27-11-17(24)22-19(26)23-20-8-12-5-13(9-20)7-14(6-12)10-20/h1-4,12-14H,5-11H2,(H2,22,23,24,26). The smallest absolute Gasteiger partial charge is 0.338 e. The van der Waals surface area contributed by atoms with Crippen molar-refractivity contribution in [3.8, 4) is 0 Å². The van der Waals surface area contributed by atoms with E-state index in [0.717, 1.165) is 23.7 Å². The number of rotatable bonds is 4. The molecule has 1 aromatic carbocycles. The molecule has 5 rings (SSSR count). The maximum absolute atomic E-state index is 12.3. The summed E-state index contributed by atoms with van der Waals surface area (Å²) in [6.07, 6.45) is 6.89. The number of ether oxygens (including phenoxy) is 1. The summed E-state index contributed by atoms with van der Waals surface area (Å²) >= 11 is 3.29. The molecule has 4 aliphatic rings. The van der Waals surface area contributed by atoms with E-state index in [2.05, 4.69) is 26.6 Å². The Morgan fingerprint density at radius 2 is 1.56 bits per heavy atom. The van der Waals surface area contributed by atoms with Gasteiger partial charge in [0.05, 0.1) is 5.56 Å². The Labute approximate surface area is 166 Å². The van der Waals surface area contributed by atoms with Crippen molar-refractivity contribution < 1.29 is 19.1 Å². The molecular weight excluding hydrogens is 412 g/mol. The number of urea groups is 1. The number of imide groups is 1. The lowest BCUT2D eigenvalue weighted by Gasteiger charge is -2.56. The molecule has 144 valence electrons. The maximum atomic E-state index is 12.3. The van der Waals surface area contributed by atoms with Crippen molar-refractivity contribution in [2.75, 3.05) is 6.61 Å². The minimum absolute atomic E-state index is 0.160. The monoisotopic (exact) mass is 434 g/mol. The van der Waals surface area contributed by atoms with Crippen LogP contribution in [0.15, 0.2) is 28.7 Å². The summed E-state index contributed by atoms with van der Waals surface area (Å²) in [4.78, 5) is 36.2. The molecule has 1 aromatic rings. The molecule has 0 unspecified atom stereocenters. The fourth-order valence-corrected chi connectivity index (χ4v) is 5.76. The highest BCUT2D eigenvalue weighted by atomic mass is 79.9. The number of hydrogen-bond acceptors (Lipinski definition) is 4. The van der Waals surface area contributed by atoms with E-state index in [9.17, 15) is 14.4 Å². The average Bonchev–Trinajstić information content (AvgIpc) is 2.58. The molecule has 0 aromatic heterocycles. The van der Waals surface area contributed by atoms with Gasteiger partial charge in [-0.15, -0.1) is 0 Å². The third kappa shape index (κ3) is 4.18. The van der Waals surface area contributed by atoms with Crippen LogP contribution in [0.5, 0.6) is 0 Å². The summed E-state index contributed by atoms with van der Waals surface area (Å²) in [6, 6.07) is 6.15. The zero-order valence-electron chi connectivity index (χ0n) is 15.0. The summed E-state index contributed by atoms with van der Waals surface area (Å²) in [5.41, 5.74) is 0.191. The van der Waals surface area contributed by atoms with E-state index < -0.39 is 24.5 Å². The molecule has 3 amide bonds. The van der Waals surface area contributed by atoms with Gasteiger partial charge in [-0.3, -0.25) is 10.1 Å². The topological polar surface area (TPSA) is 84.5 Å². The van der Waals surface area contributed by atoms with Gasteiger partial charge in [0, 0.05) is 10.0 Å². The SMILES string of the molecule is O=C(COC(=O)c1ccc(Br)cc1)NC(=O)NC12CC3CC(CC(C3)C1)C2. The van der Waals surface area contributed by atoms with Crippen LogP contribution in [0.2, 0.25) is 0 Å². The van der Waals surface area contributed by atoms with Crippen LogP contribution in [-0.4, -0.2) is 30.1 Å². The summed E-state index contributed by atoms with van der Waals surface area (Å²) < 4.78 is 5.82. The predicted molar refractivity (Wildman–Crippen MR) is 102 cm³/mol. The Hall–Kier alpha value is -1.89. The highest BCUT2D eigenvalue weighted by molar-refractivity contribution is 9.10. The third-order valence-corrected chi connectivity index (χ3v) is 6.61. The van der Waals surface area contributed by atoms with Gasteiger partial charge in [0.15, 0.2) is 6.61 Å². The van der Waals surface area contributed by atoms with E-state index in [1.165, 1.54) is 19.3 Å². The van der Waals surface area contributed by atoms with E-state index in [1.54, 1.807) is 24.3 Å². The van der Waals surface area contributed by atoms with Crippen LogP contribution >= 0.6 is 15.9 Å². The minimum Gasteiger partial charge on any atom is -0.452 e. The molecule has 4 saturated carbocycles. The summed E-state index contributed by atoms with van der Waals surface area (Å²) in [6.45, 7) is -0.483. The van der Waals surface area contributed by atoms with Crippen molar-refractivity contribution in [3.05, 3.63) is 34.3 Å². The molecule has 0 radical (unpaired) electrons. The first kappa shape index (κ1) is 18.5. The van der Waals surface area contributed by atoms with Gasteiger partial charge in [-0.25, -0.2) is 9.59 Å². The Balaban J connectivity index is 1.25. The number of amides is 3. The van der Waals surface area contributed by atoms with Crippen molar-refractivity contribution in [2.24, 2.45) is 17.8 Å². The number of halogens is 1. The predicted octanol–water partition coefficient (Wildman–Crippen LogP) is 3.40. The van der Waals surface area contributed by atoms with Crippen LogP contribution in [0, 0.1) is 17.8 Å². The van der Waals surface area contributed by atoms with Crippen LogP contribution in [0.25, 0.3) is 0 Å². The number of hydrogen-bond donors (Lipinski definition) is 2. The van der Waals surface area contributed by atoms with Crippen LogP contribution in [0.3, 0.4) is 0 Å². The number of esters is 1. The molecule has 6 nitrogen and oxygen atoms in total. The molecule has 4 bridgehead atoms. The molecule has 0 aliphatic heterocycles.